The van der Waals surface area contributed by atoms with Gasteiger partial charge in [-0.15, -0.1) is 0 Å². The van der Waals surface area contributed by atoms with Crippen LogP contribution in [0.5, 0.6) is 0 Å². The number of amides is 1. The van der Waals surface area contributed by atoms with Crippen LogP contribution in [0.3, 0.4) is 0 Å². The molecule has 24 heavy (non-hydrogen) atoms. The Balaban J connectivity index is 4.07. The average Bonchev–Trinajstić information content (AvgIpc) is 2.45. The van der Waals surface area contributed by atoms with Gasteiger partial charge in [0.25, 0.3) is 0 Å². The van der Waals surface area contributed by atoms with Crippen LogP contribution in [0.2, 0.25) is 0 Å². The van der Waals surface area contributed by atoms with Crippen LogP contribution in [0.1, 0.15) is 20.8 Å². The van der Waals surface area contributed by atoms with Crippen molar-refractivity contribution in [2.45, 2.75) is 26.4 Å². The standard InChI is InChI=1S/C14H23F2NO7/c1-14(2,3)24-13(19)17-7-11(18)22-8-10(12(15)16)23-9-21-6-5-20-4/h5-9H2,1-4H3,(H,17,19). The highest BCUT2D eigenvalue weighted by molar-refractivity contribution is 5.78. The van der Waals surface area contributed by atoms with Crippen LogP contribution in [0.15, 0.2) is 11.8 Å². The minimum Gasteiger partial charge on any atom is -0.463 e. The molecule has 10 heteroatoms. The number of halogens is 2. The predicted octanol–water partition coefficient (Wildman–Crippen LogP) is 1.80. The van der Waals surface area contributed by atoms with Gasteiger partial charge in [0.15, 0.2) is 13.4 Å². The molecule has 0 aliphatic heterocycles. The summed E-state index contributed by atoms with van der Waals surface area (Å²) in [6, 6.07) is 0. The van der Waals surface area contributed by atoms with Gasteiger partial charge in [-0.05, 0) is 20.8 Å². The summed E-state index contributed by atoms with van der Waals surface area (Å²) in [7, 11) is 1.46. The fraction of sp³-hybridized carbons (Fsp3) is 0.714. The van der Waals surface area contributed by atoms with Gasteiger partial charge >= 0.3 is 18.1 Å². The number of ether oxygens (including phenoxy) is 5. The van der Waals surface area contributed by atoms with Crippen molar-refractivity contribution in [1.82, 2.24) is 5.32 Å². The molecule has 0 atom stereocenters. The van der Waals surface area contributed by atoms with Gasteiger partial charge in [-0.3, -0.25) is 4.79 Å². The predicted molar refractivity (Wildman–Crippen MR) is 78.2 cm³/mol. The highest BCUT2D eigenvalue weighted by Gasteiger charge is 2.17. The largest absolute Gasteiger partial charge is 0.463 e. The molecule has 8 nitrogen and oxygen atoms in total. The molecule has 0 aromatic carbocycles. The number of carbonyl (C=O) groups excluding carboxylic acids is 2. The Bertz CT molecular complexity index is 431. The molecule has 0 bridgehead atoms. The number of carbonyl (C=O) groups is 2. The maximum absolute atomic E-state index is 12.6. The second-order valence-corrected chi connectivity index (χ2v) is 5.36. The van der Waals surface area contributed by atoms with E-state index in [2.05, 4.69) is 14.8 Å². The molecule has 0 radical (unpaired) electrons. The minimum absolute atomic E-state index is 0.164. The van der Waals surface area contributed by atoms with E-state index in [1.165, 1.54) is 7.11 Å². The van der Waals surface area contributed by atoms with Gasteiger partial charge in [-0.1, -0.05) is 0 Å². The topological polar surface area (TPSA) is 92.3 Å². The Kier molecular flexibility index (Phi) is 10.6. The number of rotatable bonds is 10. The number of hydrogen-bond acceptors (Lipinski definition) is 7. The zero-order valence-corrected chi connectivity index (χ0v) is 14.1. The molecule has 0 saturated carbocycles. The first kappa shape index (κ1) is 22.1. The minimum atomic E-state index is -2.14. The van der Waals surface area contributed by atoms with Crippen LogP contribution >= 0.6 is 0 Å². The molecule has 0 rings (SSSR count). The summed E-state index contributed by atoms with van der Waals surface area (Å²) < 4.78 is 48.9. The van der Waals surface area contributed by atoms with Crippen LogP contribution in [0.4, 0.5) is 13.6 Å². The van der Waals surface area contributed by atoms with Gasteiger partial charge in [0.05, 0.1) is 13.2 Å². The van der Waals surface area contributed by atoms with Crippen LogP contribution in [-0.2, 0) is 28.5 Å². The zero-order chi connectivity index (χ0) is 18.6. The lowest BCUT2D eigenvalue weighted by Crippen LogP contribution is -2.36. The molecule has 140 valence electrons. The molecule has 0 spiro atoms. The van der Waals surface area contributed by atoms with Crippen LogP contribution in [-0.4, -0.2) is 57.9 Å². The summed E-state index contributed by atoms with van der Waals surface area (Å²) in [4.78, 5) is 22.7. The molecule has 0 unspecified atom stereocenters. The fourth-order valence-electron chi connectivity index (χ4n) is 1.12. The van der Waals surface area contributed by atoms with E-state index < -0.39 is 49.4 Å². The summed E-state index contributed by atoms with van der Waals surface area (Å²) in [5.41, 5.74) is -0.724. The van der Waals surface area contributed by atoms with E-state index in [4.69, 9.17) is 14.2 Å². The SMILES string of the molecule is COCCOCOC(COC(=O)CNC(=O)OC(C)(C)C)=C(F)F. The first-order chi connectivity index (χ1) is 11.2. The highest BCUT2D eigenvalue weighted by atomic mass is 19.3. The van der Waals surface area contributed by atoms with Gasteiger partial charge in [-0.2, -0.15) is 8.78 Å². The van der Waals surface area contributed by atoms with Gasteiger partial charge in [-0.25, -0.2) is 4.79 Å². The van der Waals surface area contributed by atoms with E-state index in [0.29, 0.717) is 0 Å². The van der Waals surface area contributed by atoms with E-state index >= 15 is 0 Å². The molecule has 0 aliphatic rings. The van der Waals surface area contributed by atoms with Gasteiger partial charge < -0.3 is 29.0 Å². The number of nitrogens with one attached hydrogen (secondary N) is 1. The summed E-state index contributed by atoms with van der Waals surface area (Å²) in [5.74, 6) is -1.76. The fourth-order valence-corrected chi connectivity index (χ4v) is 1.12. The van der Waals surface area contributed by atoms with E-state index in [-0.39, 0.29) is 13.2 Å². The molecule has 0 aromatic heterocycles. The van der Waals surface area contributed by atoms with Gasteiger partial charge in [0.1, 0.15) is 12.1 Å². The third-order valence-electron chi connectivity index (χ3n) is 2.10. The van der Waals surface area contributed by atoms with Crippen molar-refractivity contribution in [2.75, 3.05) is 40.3 Å². The van der Waals surface area contributed by atoms with E-state index in [9.17, 15) is 18.4 Å². The summed E-state index contributed by atoms with van der Waals surface area (Å²) in [6.45, 7) is 3.65. The Labute approximate surface area is 139 Å². The summed E-state index contributed by atoms with van der Waals surface area (Å²) in [6.07, 6.45) is -2.96. The van der Waals surface area contributed by atoms with Crippen LogP contribution < -0.4 is 5.32 Å². The molecule has 0 saturated heterocycles. The second-order valence-electron chi connectivity index (χ2n) is 5.36. The molecule has 1 amide bonds. The molecule has 0 fully saturated rings. The lowest BCUT2D eigenvalue weighted by molar-refractivity contribution is -0.143. The van der Waals surface area contributed by atoms with Crippen molar-refractivity contribution in [3.8, 4) is 0 Å². The first-order valence-electron chi connectivity index (χ1n) is 7.01. The third kappa shape index (κ3) is 12.6. The van der Waals surface area contributed by atoms with Gasteiger partial charge in [0, 0.05) is 7.11 Å². The Morgan fingerprint density at radius 3 is 2.29 bits per heavy atom. The van der Waals surface area contributed by atoms with E-state index in [1.807, 2.05) is 0 Å². The Morgan fingerprint density at radius 2 is 1.75 bits per heavy atom. The Morgan fingerprint density at radius 1 is 1.08 bits per heavy atom. The van der Waals surface area contributed by atoms with Crippen molar-refractivity contribution < 1.29 is 42.1 Å². The van der Waals surface area contributed by atoms with Crippen LogP contribution in [0.25, 0.3) is 0 Å². The molecule has 0 heterocycles. The maximum atomic E-state index is 12.6. The zero-order valence-electron chi connectivity index (χ0n) is 14.1. The molecule has 0 aromatic rings. The Hall–Kier alpha value is -1.94. The van der Waals surface area contributed by atoms with Crippen molar-refractivity contribution in [3.05, 3.63) is 11.8 Å². The number of alkyl carbamates (subject to hydrolysis) is 1. The molecular weight excluding hydrogens is 332 g/mol. The van der Waals surface area contributed by atoms with Crippen molar-refractivity contribution in [1.29, 1.82) is 0 Å². The lowest BCUT2D eigenvalue weighted by Gasteiger charge is -2.19. The van der Waals surface area contributed by atoms with Crippen LogP contribution in [0, 0.1) is 0 Å². The first-order valence-corrected chi connectivity index (χ1v) is 7.01. The molecule has 0 aliphatic carbocycles. The monoisotopic (exact) mass is 355 g/mol. The molecule has 1 N–H and O–H groups in total. The van der Waals surface area contributed by atoms with E-state index in [1.54, 1.807) is 20.8 Å². The lowest BCUT2D eigenvalue weighted by atomic mass is 10.2. The molecular formula is C14H23F2NO7. The number of hydrogen-bond donors (Lipinski definition) is 1. The smallest absolute Gasteiger partial charge is 0.408 e. The van der Waals surface area contributed by atoms with Crippen molar-refractivity contribution in [3.63, 3.8) is 0 Å². The van der Waals surface area contributed by atoms with Crippen molar-refractivity contribution >= 4 is 12.1 Å². The normalized spacial score (nSPS) is 10.8. The number of esters is 1. The summed E-state index contributed by atoms with van der Waals surface area (Å²) in [5, 5.41) is 2.14. The third-order valence-corrected chi connectivity index (χ3v) is 2.10. The van der Waals surface area contributed by atoms with E-state index in [0.717, 1.165) is 0 Å². The quantitative estimate of drug-likeness (QED) is 0.276. The second kappa shape index (κ2) is 11.6. The average molecular weight is 355 g/mol. The number of methoxy groups -OCH3 is 1. The summed E-state index contributed by atoms with van der Waals surface area (Å²) >= 11 is 0. The van der Waals surface area contributed by atoms with Crippen molar-refractivity contribution in [2.24, 2.45) is 0 Å². The van der Waals surface area contributed by atoms with Gasteiger partial charge in [0.2, 0.25) is 5.76 Å². The highest BCUT2D eigenvalue weighted by Crippen LogP contribution is 2.10. The maximum Gasteiger partial charge on any atom is 0.408 e.